The molecule has 0 unspecified atom stereocenters. The van der Waals surface area contributed by atoms with E-state index in [9.17, 15) is 4.79 Å². The number of hydrogen-bond acceptors (Lipinski definition) is 4. The molecule has 5 heteroatoms. The molecule has 5 nitrogen and oxygen atoms in total. The number of nitrogens with one attached hydrogen (secondary N) is 1. The Kier molecular flexibility index (Phi) is 3.99. The van der Waals surface area contributed by atoms with Crippen LogP contribution in [0.2, 0.25) is 0 Å². The van der Waals surface area contributed by atoms with Crippen LogP contribution >= 0.6 is 0 Å². The summed E-state index contributed by atoms with van der Waals surface area (Å²) in [6.07, 6.45) is 4.23. The number of carbonyl (C=O) groups is 1. The van der Waals surface area contributed by atoms with Crippen molar-refractivity contribution in [3.63, 3.8) is 0 Å². The summed E-state index contributed by atoms with van der Waals surface area (Å²) in [6.45, 7) is 5.37. The SMILES string of the molecule is CC(C)(C)OC(=O)N/N=C\c1cccnc1. The van der Waals surface area contributed by atoms with Crippen molar-refractivity contribution in [2.24, 2.45) is 5.10 Å². The predicted molar refractivity (Wildman–Crippen MR) is 61.2 cm³/mol. The van der Waals surface area contributed by atoms with Gasteiger partial charge in [-0.05, 0) is 26.8 Å². The highest BCUT2D eigenvalue weighted by atomic mass is 16.6. The monoisotopic (exact) mass is 221 g/mol. The highest BCUT2D eigenvalue weighted by molar-refractivity contribution is 5.80. The first-order valence-electron chi connectivity index (χ1n) is 4.89. The molecule has 0 radical (unpaired) electrons. The van der Waals surface area contributed by atoms with Crippen molar-refractivity contribution >= 4 is 12.3 Å². The lowest BCUT2D eigenvalue weighted by Gasteiger charge is -2.18. The Morgan fingerprint density at radius 2 is 2.31 bits per heavy atom. The van der Waals surface area contributed by atoms with Crippen molar-refractivity contribution < 1.29 is 9.53 Å². The van der Waals surface area contributed by atoms with Gasteiger partial charge in [0.1, 0.15) is 5.60 Å². The second kappa shape index (κ2) is 5.25. The van der Waals surface area contributed by atoms with Crippen molar-refractivity contribution in [1.82, 2.24) is 10.4 Å². The smallest absolute Gasteiger partial charge is 0.428 e. The van der Waals surface area contributed by atoms with Crippen LogP contribution in [0, 0.1) is 0 Å². The maximum atomic E-state index is 11.2. The fourth-order valence-electron chi connectivity index (χ4n) is 0.913. The molecule has 0 aliphatic carbocycles. The topological polar surface area (TPSA) is 63.6 Å². The van der Waals surface area contributed by atoms with Gasteiger partial charge in [0.15, 0.2) is 0 Å². The Labute approximate surface area is 94.5 Å². The zero-order valence-electron chi connectivity index (χ0n) is 9.60. The van der Waals surface area contributed by atoms with E-state index in [0.717, 1.165) is 5.56 Å². The molecule has 1 amide bonds. The molecule has 0 spiro atoms. The van der Waals surface area contributed by atoms with Crippen molar-refractivity contribution in [2.45, 2.75) is 26.4 Å². The van der Waals surface area contributed by atoms with Gasteiger partial charge in [0.25, 0.3) is 0 Å². The molecule has 0 fully saturated rings. The Balaban J connectivity index is 2.41. The quantitative estimate of drug-likeness (QED) is 0.613. The molecule has 0 atom stereocenters. The second-order valence-corrected chi connectivity index (χ2v) is 4.16. The summed E-state index contributed by atoms with van der Waals surface area (Å²) in [5.41, 5.74) is 2.55. The van der Waals surface area contributed by atoms with Gasteiger partial charge in [-0.25, -0.2) is 10.2 Å². The molecule has 0 bridgehead atoms. The summed E-state index contributed by atoms with van der Waals surface area (Å²) in [7, 11) is 0. The number of pyridine rings is 1. The Hall–Kier alpha value is -1.91. The first kappa shape index (κ1) is 12.2. The van der Waals surface area contributed by atoms with E-state index in [2.05, 4.69) is 15.5 Å². The lowest BCUT2D eigenvalue weighted by atomic mass is 10.2. The summed E-state index contributed by atoms with van der Waals surface area (Å²) >= 11 is 0. The lowest BCUT2D eigenvalue weighted by molar-refractivity contribution is 0.0529. The van der Waals surface area contributed by atoms with Crippen molar-refractivity contribution in [3.05, 3.63) is 30.1 Å². The normalized spacial score (nSPS) is 11.4. The lowest BCUT2D eigenvalue weighted by Crippen LogP contribution is -2.29. The van der Waals surface area contributed by atoms with Gasteiger partial charge in [-0.1, -0.05) is 6.07 Å². The minimum absolute atomic E-state index is 0.520. The highest BCUT2D eigenvalue weighted by Crippen LogP contribution is 2.06. The number of rotatable bonds is 2. The fraction of sp³-hybridized carbons (Fsp3) is 0.364. The minimum Gasteiger partial charge on any atom is -0.443 e. The molecule has 0 aliphatic rings. The molecule has 0 aliphatic heterocycles. The van der Waals surface area contributed by atoms with Gasteiger partial charge in [-0.3, -0.25) is 4.98 Å². The van der Waals surface area contributed by atoms with Crippen LogP contribution < -0.4 is 5.43 Å². The first-order chi connectivity index (χ1) is 7.47. The molecular formula is C11H15N3O2. The Bertz CT molecular complexity index is 369. The standard InChI is InChI=1S/C11H15N3O2/c1-11(2,3)16-10(15)14-13-8-9-5-4-6-12-7-9/h4-8H,1-3H3,(H,14,15)/b13-8-. The maximum Gasteiger partial charge on any atom is 0.428 e. The van der Waals surface area contributed by atoms with Gasteiger partial charge < -0.3 is 4.74 Å². The van der Waals surface area contributed by atoms with Gasteiger partial charge >= 0.3 is 6.09 Å². The molecule has 16 heavy (non-hydrogen) atoms. The molecule has 0 saturated heterocycles. The maximum absolute atomic E-state index is 11.2. The molecule has 1 aromatic heterocycles. The Morgan fingerprint density at radius 1 is 1.56 bits per heavy atom. The van der Waals surface area contributed by atoms with Crippen LogP contribution in [0.3, 0.4) is 0 Å². The van der Waals surface area contributed by atoms with Crippen molar-refractivity contribution in [1.29, 1.82) is 0 Å². The number of aromatic nitrogens is 1. The van der Waals surface area contributed by atoms with Crippen LogP contribution in [0.5, 0.6) is 0 Å². The molecule has 0 aromatic carbocycles. The number of amides is 1. The van der Waals surface area contributed by atoms with Gasteiger partial charge in [0, 0.05) is 18.0 Å². The van der Waals surface area contributed by atoms with Gasteiger partial charge in [-0.15, -0.1) is 0 Å². The molecule has 1 aromatic rings. The third kappa shape index (κ3) is 5.09. The van der Waals surface area contributed by atoms with E-state index in [1.165, 1.54) is 6.21 Å². The summed E-state index contributed by atoms with van der Waals surface area (Å²) < 4.78 is 5.00. The number of hydrogen-bond donors (Lipinski definition) is 1. The van der Waals surface area contributed by atoms with Crippen LogP contribution in [0.25, 0.3) is 0 Å². The first-order valence-corrected chi connectivity index (χ1v) is 4.89. The molecule has 0 saturated carbocycles. The van der Waals surface area contributed by atoms with E-state index in [1.54, 1.807) is 39.2 Å². The van der Waals surface area contributed by atoms with Crippen LogP contribution in [0.15, 0.2) is 29.6 Å². The van der Waals surface area contributed by atoms with Crippen molar-refractivity contribution in [2.75, 3.05) is 0 Å². The Morgan fingerprint density at radius 3 is 2.88 bits per heavy atom. The zero-order valence-corrected chi connectivity index (χ0v) is 9.60. The van der Waals surface area contributed by atoms with Gasteiger partial charge in [0.2, 0.25) is 0 Å². The minimum atomic E-state index is -0.576. The van der Waals surface area contributed by atoms with E-state index in [0.29, 0.717) is 0 Å². The molecule has 1 heterocycles. The van der Waals surface area contributed by atoms with E-state index >= 15 is 0 Å². The summed E-state index contributed by atoms with van der Waals surface area (Å²) in [5, 5.41) is 3.74. The van der Waals surface area contributed by atoms with Crippen LogP contribution in [0.4, 0.5) is 4.79 Å². The van der Waals surface area contributed by atoms with E-state index in [1.807, 2.05) is 6.07 Å². The molecule has 1 N–H and O–H groups in total. The summed E-state index contributed by atoms with van der Waals surface area (Å²) in [4.78, 5) is 15.1. The van der Waals surface area contributed by atoms with E-state index < -0.39 is 11.7 Å². The summed E-state index contributed by atoms with van der Waals surface area (Å²) in [5.74, 6) is 0. The molecule has 86 valence electrons. The third-order valence-electron chi connectivity index (χ3n) is 1.45. The number of carbonyl (C=O) groups excluding carboxylic acids is 1. The van der Waals surface area contributed by atoms with Crippen molar-refractivity contribution in [3.8, 4) is 0 Å². The highest BCUT2D eigenvalue weighted by Gasteiger charge is 2.15. The number of hydrazone groups is 1. The fourth-order valence-corrected chi connectivity index (χ4v) is 0.913. The predicted octanol–water partition coefficient (Wildman–Crippen LogP) is 1.94. The van der Waals surface area contributed by atoms with Crippen LogP contribution in [-0.4, -0.2) is 22.9 Å². The average molecular weight is 221 g/mol. The summed E-state index contributed by atoms with van der Waals surface area (Å²) in [6, 6.07) is 3.61. The number of nitrogens with zero attached hydrogens (tertiary/aromatic N) is 2. The zero-order chi connectivity index (χ0) is 12.0. The van der Waals surface area contributed by atoms with Gasteiger partial charge in [-0.2, -0.15) is 5.10 Å². The number of ether oxygens (including phenoxy) is 1. The third-order valence-corrected chi connectivity index (χ3v) is 1.45. The van der Waals surface area contributed by atoms with Gasteiger partial charge in [0.05, 0.1) is 6.21 Å². The average Bonchev–Trinajstić information content (AvgIpc) is 2.16. The van der Waals surface area contributed by atoms with Crippen LogP contribution in [0.1, 0.15) is 26.3 Å². The van der Waals surface area contributed by atoms with E-state index in [4.69, 9.17) is 4.74 Å². The molecular weight excluding hydrogens is 206 g/mol. The largest absolute Gasteiger partial charge is 0.443 e. The van der Waals surface area contributed by atoms with Crippen LogP contribution in [-0.2, 0) is 4.74 Å². The molecule has 1 rings (SSSR count). The van der Waals surface area contributed by atoms with E-state index in [-0.39, 0.29) is 0 Å². The second-order valence-electron chi connectivity index (χ2n) is 4.16.